The van der Waals surface area contributed by atoms with Crippen LogP contribution in [0.4, 0.5) is 4.39 Å². The first-order valence-corrected chi connectivity index (χ1v) is 11.0. The quantitative estimate of drug-likeness (QED) is 0.392. The Morgan fingerprint density at radius 3 is 2.66 bits per heavy atom. The molecule has 0 bridgehead atoms. The summed E-state index contributed by atoms with van der Waals surface area (Å²) in [5.41, 5.74) is 5.52. The maximum Gasteiger partial charge on any atom is 0.161 e. The summed E-state index contributed by atoms with van der Waals surface area (Å²) in [6.07, 6.45) is 10.1. The SMILES string of the molecule is CN(C)Cc1cncc(-c2ncc3[nH]nc(-c4nc5c(-c6ccccn6)cncc5[nH]4)c3c2F)c1. The van der Waals surface area contributed by atoms with Crippen molar-refractivity contribution in [3.63, 3.8) is 0 Å². The van der Waals surface area contributed by atoms with Gasteiger partial charge in [0.1, 0.15) is 16.9 Å². The number of nitrogens with one attached hydrogen (secondary N) is 2. The number of aromatic nitrogens is 8. The first-order chi connectivity index (χ1) is 17.1. The smallest absolute Gasteiger partial charge is 0.161 e. The number of H-pyrrole nitrogens is 2. The molecular weight excluding hydrogens is 445 g/mol. The van der Waals surface area contributed by atoms with Crippen molar-refractivity contribution < 1.29 is 4.39 Å². The molecule has 9 nitrogen and oxygen atoms in total. The molecule has 10 heteroatoms. The highest BCUT2D eigenvalue weighted by Gasteiger charge is 2.21. The molecule has 6 heterocycles. The van der Waals surface area contributed by atoms with Gasteiger partial charge in [-0.15, -0.1) is 0 Å². The molecule has 0 spiro atoms. The second kappa shape index (κ2) is 8.33. The van der Waals surface area contributed by atoms with Gasteiger partial charge in [0.25, 0.3) is 0 Å². The molecule has 0 fully saturated rings. The summed E-state index contributed by atoms with van der Waals surface area (Å²) in [5, 5.41) is 7.54. The van der Waals surface area contributed by atoms with Crippen molar-refractivity contribution >= 4 is 21.9 Å². The van der Waals surface area contributed by atoms with Crippen LogP contribution in [0.5, 0.6) is 0 Å². The molecule has 2 N–H and O–H groups in total. The molecule has 0 aliphatic carbocycles. The maximum atomic E-state index is 15.9. The van der Waals surface area contributed by atoms with E-state index in [0.29, 0.717) is 45.6 Å². The first-order valence-electron chi connectivity index (χ1n) is 11.0. The van der Waals surface area contributed by atoms with Gasteiger partial charge < -0.3 is 9.88 Å². The number of halogens is 1. The lowest BCUT2D eigenvalue weighted by atomic mass is 10.1. The van der Waals surface area contributed by atoms with Gasteiger partial charge in [0.15, 0.2) is 11.6 Å². The predicted molar refractivity (Wildman–Crippen MR) is 131 cm³/mol. The fourth-order valence-corrected chi connectivity index (χ4v) is 4.17. The Hall–Kier alpha value is -4.57. The second-order valence-corrected chi connectivity index (χ2v) is 8.48. The van der Waals surface area contributed by atoms with Crippen LogP contribution in [0.2, 0.25) is 0 Å². The van der Waals surface area contributed by atoms with Gasteiger partial charge >= 0.3 is 0 Å². The molecule has 6 aromatic rings. The monoisotopic (exact) mass is 465 g/mol. The van der Waals surface area contributed by atoms with Crippen LogP contribution >= 0.6 is 0 Å². The van der Waals surface area contributed by atoms with E-state index in [1.807, 2.05) is 43.3 Å². The minimum absolute atomic E-state index is 0.209. The van der Waals surface area contributed by atoms with Crippen LogP contribution < -0.4 is 0 Å². The number of imidazole rings is 1. The Labute approximate surface area is 199 Å². The Balaban J connectivity index is 1.49. The third-order valence-corrected chi connectivity index (χ3v) is 5.67. The normalized spacial score (nSPS) is 11.7. The van der Waals surface area contributed by atoms with Gasteiger partial charge in [0.2, 0.25) is 0 Å². The molecule has 0 amide bonds. The summed E-state index contributed by atoms with van der Waals surface area (Å²) in [6.45, 7) is 0.688. The zero-order chi connectivity index (χ0) is 23.9. The van der Waals surface area contributed by atoms with E-state index >= 15 is 4.39 Å². The summed E-state index contributed by atoms with van der Waals surface area (Å²) < 4.78 is 15.9. The third kappa shape index (κ3) is 3.69. The maximum absolute atomic E-state index is 15.9. The van der Waals surface area contributed by atoms with Crippen molar-refractivity contribution in [1.29, 1.82) is 0 Å². The van der Waals surface area contributed by atoms with E-state index in [2.05, 4.69) is 35.1 Å². The molecule has 0 aromatic carbocycles. The van der Waals surface area contributed by atoms with E-state index in [1.165, 1.54) is 0 Å². The van der Waals surface area contributed by atoms with Crippen LogP contribution in [-0.4, -0.2) is 59.1 Å². The summed E-state index contributed by atoms with van der Waals surface area (Å²) in [4.78, 5) is 27.4. The number of fused-ring (bicyclic) bond motifs is 2. The molecule has 0 radical (unpaired) electrons. The van der Waals surface area contributed by atoms with Crippen LogP contribution in [0.1, 0.15) is 5.56 Å². The van der Waals surface area contributed by atoms with Crippen molar-refractivity contribution in [1.82, 2.24) is 45.0 Å². The number of nitrogens with zero attached hydrogens (tertiary/aromatic N) is 7. The van der Waals surface area contributed by atoms with Gasteiger partial charge in [-0.2, -0.15) is 5.10 Å². The average Bonchev–Trinajstić information content (AvgIpc) is 3.49. The topological polar surface area (TPSA) is 112 Å². The summed E-state index contributed by atoms with van der Waals surface area (Å²) in [5.74, 6) is -0.0643. The van der Waals surface area contributed by atoms with Gasteiger partial charge in [0, 0.05) is 42.5 Å². The molecule has 0 saturated heterocycles. The van der Waals surface area contributed by atoms with Crippen molar-refractivity contribution in [2.24, 2.45) is 0 Å². The molecule has 172 valence electrons. The van der Waals surface area contributed by atoms with Gasteiger partial charge in [-0.05, 0) is 37.9 Å². The minimum atomic E-state index is -0.487. The van der Waals surface area contributed by atoms with Crippen molar-refractivity contribution in [2.75, 3.05) is 14.1 Å². The Kier molecular flexibility index (Phi) is 5.00. The van der Waals surface area contributed by atoms with Crippen molar-refractivity contribution in [3.8, 4) is 34.0 Å². The van der Waals surface area contributed by atoms with Crippen LogP contribution in [0.3, 0.4) is 0 Å². The van der Waals surface area contributed by atoms with E-state index in [9.17, 15) is 0 Å². The lowest BCUT2D eigenvalue weighted by Crippen LogP contribution is -2.10. The summed E-state index contributed by atoms with van der Waals surface area (Å²) >= 11 is 0. The highest BCUT2D eigenvalue weighted by molar-refractivity contribution is 5.97. The van der Waals surface area contributed by atoms with Gasteiger partial charge in [-0.25, -0.2) is 9.37 Å². The predicted octanol–water partition coefficient (Wildman–Crippen LogP) is 4.22. The zero-order valence-electron chi connectivity index (χ0n) is 19.0. The van der Waals surface area contributed by atoms with E-state index in [1.54, 1.807) is 37.2 Å². The van der Waals surface area contributed by atoms with E-state index < -0.39 is 5.82 Å². The molecule has 6 aromatic heterocycles. The fraction of sp³-hybridized carbons (Fsp3) is 0.120. The number of pyridine rings is 4. The number of rotatable bonds is 5. The van der Waals surface area contributed by atoms with E-state index in [0.717, 1.165) is 16.8 Å². The van der Waals surface area contributed by atoms with E-state index in [4.69, 9.17) is 4.98 Å². The minimum Gasteiger partial charge on any atom is -0.335 e. The molecule has 0 aliphatic heterocycles. The van der Waals surface area contributed by atoms with E-state index in [-0.39, 0.29) is 5.69 Å². The lowest BCUT2D eigenvalue weighted by Gasteiger charge is -2.10. The molecule has 6 rings (SSSR count). The first kappa shape index (κ1) is 21.0. The average molecular weight is 465 g/mol. The second-order valence-electron chi connectivity index (χ2n) is 8.48. The largest absolute Gasteiger partial charge is 0.335 e. The van der Waals surface area contributed by atoms with Crippen LogP contribution in [-0.2, 0) is 6.54 Å². The molecule has 0 unspecified atom stereocenters. The zero-order valence-corrected chi connectivity index (χ0v) is 19.0. The highest BCUT2D eigenvalue weighted by Crippen LogP contribution is 2.33. The summed E-state index contributed by atoms with van der Waals surface area (Å²) in [6, 6.07) is 7.55. The fourth-order valence-electron chi connectivity index (χ4n) is 4.17. The highest BCUT2D eigenvalue weighted by atomic mass is 19.1. The standard InChI is InChI=1S/C25H20FN9/c1-35(2)13-14-7-15(9-27-8-14)22-21(26)20-18(12-30-22)33-34-24(20)25-31-19-11-28-10-16(23(19)32-25)17-5-3-4-6-29-17/h3-12H,13H2,1-2H3,(H,31,32)(H,33,34). The molecule has 0 saturated carbocycles. The van der Waals surface area contributed by atoms with Gasteiger partial charge in [-0.3, -0.25) is 25.0 Å². The van der Waals surface area contributed by atoms with Crippen LogP contribution in [0, 0.1) is 5.82 Å². The lowest BCUT2D eigenvalue weighted by molar-refractivity contribution is 0.402. The van der Waals surface area contributed by atoms with Crippen LogP contribution in [0.15, 0.2) is 61.4 Å². The van der Waals surface area contributed by atoms with Gasteiger partial charge in [-0.1, -0.05) is 6.07 Å². The Morgan fingerprint density at radius 1 is 0.943 bits per heavy atom. The molecule has 0 aliphatic rings. The molecular formula is C25H20FN9. The Bertz CT molecular complexity index is 1670. The third-order valence-electron chi connectivity index (χ3n) is 5.67. The molecule has 0 atom stereocenters. The van der Waals surface area contributed by atoms with Crippen LogP contribution in [0.25, 0.3) is 56.0 Å². The molecule has 35 heavy (non-hydrogen) atoms. The van der Waals surface area contributed by atoms with Crippen molar-refractivity contribution in [2.45, 2.75) is 6.54 Å². The number of hydrogen-bond donors (Lipinski definition) is 2. The Morgan fingerprint density at radius 2 is 1.83 bits per heavy atom. The number of aromatic amines is 2. The summed E-state index contributed by atoms with van der Waals surface area (Å²) in [7, 11) is 3.94. The number of hydrogen-bond acceptors (Lipinski definition) is 7. The van der Waals surface area contributed by atoms with Crippen molar-refractivity contribution in [3.05, 3.63) is 72.8 Å². The van der Waals surface area contributed by atoms with Gasteiger partial charge in [0.05, 0.1) is 34.5 Å².